The molecular weight excluding hydrogens is 400 g/mol. The second-order valence-corrected chi connectivity index (χ2v) is 7.70. The van der Waals surface area contributed by atoms with E-state index < -0.39 is 0 Å². The highest BCUT2D eigenvalue weighted by Gasteiger charge is 2.22. The third kappa shape index (κ3) is 4.89. The molecule has 7 nitrogen and oxygen atoms in total. The van der Waals surface area contributed by atoms with Crippen LogP contribution in [-0.2, 0) is 4.79 Å². The van der Waals surface area contributed by atoms with Crippen LogP contribution in [0.15, 0.2) is 79.3 Å². The van der Waals surface area contributed by atoms with Crippen molar-refractivity contribution >= 4 is 23.5 Å². The number of benzene rings is 2. The number of rotatable bonds is 7. The number of hydrogen-bond donors (Lipinski definition) is 3. The van der Waals surface area contributed by atoms with Gasteiger partial charge in [0, 0.05) is 41.3 Å². The van der Waals surface area contributed by atoms with Crippen molar-refractivity contribution in [1.29, 1.82) is 0 Å². The van der Waals surface area contributed by atoms with Gasteiger partial charge in [0.2, 0.25) is 5.91 Å². The summed E-state index contributed by atoms with van der Waals surface area (Å²) >= 11 is 0. The minimum Gasteiger partial charge on any atom is -0.350 e. The molecule has 1 aliphatic carbocycles. The van der Waals surface area contributed by atoms with Crippen LogP contribution in [-0.4, -0.2) is 32.1 Å². The van der Waals surface area contributed by atoms with E-state index in [1.54, 1.807) is 18.5 Å². The number of hydrogen-bond acceptors (Lipinski definition) is 5. The molecule has 1 fully saturated rings. The minimum atomic E-state index is -0.0564. The van der Waals surface area contributed by atoms with E-state index >= 15 is 0 Å². The lowest BCUT2D eigenvalue weighted by atomic mass is 10.1. The Morgan fingerprint density at radius 2 is 1.91 bits per heavy atom. The van der Waals surface area contributed by atoms with Crippen LogP contribution in [0, 0.1) is 0 Å². The van der Waals surface area contributed by atoms with Gasteiger partial charge in [-0.2, -0.15) is 5.10 Å². The molecule has 1 aliphatic rings. The van der Waals surface area contributed by atoms with Crippen LogP contribution in [0.1, 0.15) is 18.4 Å². The maximum Gasteiger partial charge on any atom is 0.244 e. The number of H-pyrrole nitrogens is 1. The van der Waals surface area contributed by atoms with Gasteiger partial charge in [-0.1, -0.05) is 30.3 Å². The second kappa shape index (κ2) is 8.85. The number of nitrogens with zero attached hydrogens (tertiary/aromatic N) is 3. The molecule has 0 bridgehead atoms. The molecule has 0 saturated heterocycles. The lowest BCUT2D eigenvalue weighted by Gasteiger charge is -2.08. The van der Waals surface area contributed by atoms with Crippen LogP contribution < -0.4 is 10.6 Å². The smallest absolute Gasteiger partial charge is 0.244 e. The van der Waals surface area contributed by atoms with Gasteiger partial charge in [0.25, 0.3) is 0 Å². The van der Waals surface area contributed by atoms with Gasteiger partial charge in [0.1, 0.15) is 5.82 Å². The van der Waals surface area contributed by atoms with Crippen molar-refractivity contribution in [3.63, 3.8) is 0 Å². The zero-order chi connectivity index (χ0) is 21.8. The predicted molar refractivity (Wildman–Crippen MR) is 125 cm³/mol. The van der Waals surface area contributed by atoms with Crippen LogP contribution in [0.4, 0.5) is 11.5 Å². The summed E-state index contributed by atoms with van der Waals surface area (Å²) in [7, 11) is 0. The number of aromatic nitrogens is 4. The van der Waals surface area contributed by atoms with Gasteiger partial charge in [-0.05, 0) is 54.3 Å². The first kappa shape index (κ1) is 19.7. The Bertz CT molecular complexity index is 1240. The monoisotopic (exact) mass is 422 g/mol. The van der Waals surface area contributed by atoms with Crippen LogP contribution in [0.3, 0.4) is 0 Å². The Hall–Kier alpha value is -4.26. The highest BCUT2D eigenvalue weighted by Crippen LogP contribution is 2.24. The largest absolute Gasteiger partial charge is 0.350 e. The van der Waals surface area contributed by atoms with Gasteiger partial charge < -0.3 is 10.6 Å². The molecule has 0 aliphatic heterocycles. The molecule has 158 valence electrons. The molecular formula is C25H22N6O. The topological polar surface area (TPSA) is 95.6 Å². The lowest BCUT2D eigenvalue weighted by molar-refractivity contribution is -0.116. The molecule has 0 radical (unpaired) electrons. The van der Waals surface area contributed by atoms with Gasteiger partial charge in [-0.3, -0.25) is 9.89 Å². The third-order valence-corrected chi connectivity index (χ3v) is 5.14. The van der Waals surface area contributed by atoms with Crippen LogP contribution >= 0.6 is 0 Å². The number of anilines is 2. The average Bonchev–Trinajstić information content (AvgIpc) is 3.46. The van der Waals surface area contributed by atoms with E-state index in [-0.39, 0.29) is 5.91 Å². The number of nitrogens with one attached hydrogen (secondary N) is 3. The summed E-state index contributed by atoms with van der Waals surface area (Å²) in [5.74, 6) is 1.26. The first-order valence-electron chi connectivity index (χ1n) is 10.5. The normalized spacial score (nSPS) is 13.2. The fourth-order valence-electron chi connectivity index (χ4n) is 3.30. The van der Waals surface area contributed by atoms with E-state index in [0.717, 1.165) is 40.8 Å². The first-order valence-corrected chi connectivity index (χ1v) is 10.5. The molecule has 2 heterocycles. The van der Waals surface area contributed by atoms with Gasteiger partial charge >= 0.3 is 0 Å². The maximum absolute atomic E-state index is 11.9. The molecule has 7 heteroatoms. The van der Waals surface area contributed by atoms with E-state index in [2.05, 4.69) is 30.8 Å². The third-order valence-electron chi connectivity index (χ3n) is 5.14. The summed E-state index contributed by atoms with van der Waals surface area (Å²) in [5, 5.41) is 13.1. The summed E-state index contributed by atoms with van der Waals surface area (Å²) in [5.41, 5.74) is 4.86. The van der Waals surface area contributed by atoms with Gasteiger partial charge in [0.05, 0.1) is 6.20 Å². The highest BCUT2D eigenvalue weighted by molar-refractivity contribution is 5.92. The molecule has 1 saturated carbocycles. The van der Waals surface area contributed by atoms with Gasteiger partial charge in [-0.25, -0.2) is 9.97 Å². The number of carbonyl (C=O) groups is 1. The molecule has 2 aromatic heterocycles. The Kier molecular flexibility index (Phi) is 5.45. The average molecular weight is 422 g/mol. The van der Waals surface area contributed by atoms with E-state index in [4.69, 9.17) is 0 Å². The summed E-state index contributed by atoms with van der Waals surface area (Å²) in [6, 6.07) is 18.1. The standard InChI is InChI=1S/C25H22N6O/c32-24(30-22-9-10-22)11-4-17-2-1-3-19(14-17)25-26-13-12-23(31-25)29-21-7-5-18(6-8-21)20-15-27-28-16-20/h1-8,11-16,22H,9-10H2,(H,27,28)(H,30,32)(H,26,29,31)/b11-4+. The van der Waals surface area contributed by atoms with Crippen molar-refractivity contribution in [2.24, 2.45) is 0 Å². The van der Waals surface area contributed by atoms with Crippen molar-refractivity contribution in [1.82, 2.24) is 25.5 Å². The lowest BCUT2D eigenvalue weighted by Crippen LogP contribution is -2.22. The van der Waals surface area contributed by atoms with Crippen molar-refractivity contribution < 1.29 is 4.79 Å². The van der Waals surface area contributed by atoms with E-state index in [1.165, 1.54) is 0 Å². The number of amides is 1. The van der Waals surface area contributed by atoms with E-state index in [9.17, 15) is 4.79 Å². The molecule has 5 rings (SSSR count). The van der Waals surface area contributed by atoms with Gasteiger partial charge in [-0.15, -0.1) is 0 Å². The molecule has 0 atom stereocenters. The molecule has 4 aromatic rings. The molecule has 1 amide bonds. The minimum absolute atomic E-state index is 0.0564. The fraction of sp³-hybridized carbons (Fsp3) is 0.120. The van der Waals surface area contributed by atoms with Crippen molar-refractivity contribution in [3.05, 3.63) is 84.8 Å². The Morgan fingerprint density at radius 1 is 1.03 bits per heavy atom. The zero-order valence-electron chi connectivity index (χ0n) is 17.3. The zero-order valence-corrected chi connectivity index (χ0v) is 17.3. The SMILES string of the molecule is O=C(/C=C/c1cccc(-c2nccc(Nc3ccc(-c4cn[nH]c4)cc3)n2)c1)NC1CC1. The Balaban J connectivity index is 1.29. The van der Waals surface area contributed by atoms with E-state index in [0.29, 0.717) is 17.7 Å². The highest BCUT2D eigenvalue weighted by atomic mass is 16.1. The summed E-state index contributed by atoms with van der Waals surface area (Å²) in [6.45, 7) is 0. The maximum atomic E-state index is 11.9. The quantitative estimate of drug-likeness (QED) is 0.379. The Morgan fingerprint density at radius 3 is 2.69 bits per heavy atom. The van der Waals surface area contributed by atoms with Crippen LogP contribution in [0.5, 0.6) is 0 Å². The van der Waals surface area contributed by atoms with Gasteiger partial charge in [0.15, 0.2) is 5.82 Å². The molecule has 2 aromatic carbocycles. The first-order chi connectivity index (χ1) is 15.7. The predicted octanol–water partition coefficient (Wildman–Crippen LogP) is 4.57. The van der Waals surface area contributed by atoms with Crippen molar-refractivity contribution in [2.45, 2.75) is 18.9 Å². The van der Waals surface area contributed by atoms with E-state index in [1.807, 2.05) is 66.9 Å². The molecule has 32 heavy (non-hydrogen) atoms. The second-order valence-electron chi connectivity index (χ2n) is 7.70. The van der Waals surface area contributed by atoms with Crippen molar-refractivity contribution in [3.8, 4) is 22.5 Å². The molecule has 0 unspecified atom stereocenters. The van der Waals surface area contributed by atoms with Crippen LogP contribution in [0.25, 0.3) is 28.6 Å². The molecule has 0 spiro atoms. The number of carbonyl (C=O) groups excluding carboxylic acids is 1. The van der Waals surface area contributed by atoms with Crippen LogP contribution in [0.2, 0.25) is 0 Å². The fourth-order valence-corrected chi connectivity index (χ4v) is 3.30. The summed E-state index contributed by atoms with van der Waals surface area (Å²) in [4.78, 5) is 21.0. The summed E-state index contributed by atoms with van der Waals surface area (Å²) < 4.78 is 0. The summed E-state index contributed by atoms with van der Waals surface area (Å²) in [6.07, 6.45) is 10.9. The molecule has 3 N–H and O–H groups in total. The Labute approximate surface area is 185 Å². The number of aromatic amines is 1. The van der Waals surface area contributed by atoms with Crippen molar-refractivity contribution in [2.75, 3.05) is 5.32 Å².